The number of nitrogens with one attached hydrogen (secondary N) is 1. The molecule has 1 aromatic carbocycles. The summed E-state index contributed by atoms with van der Waals surface area (Å²) in [5, 5.41) is 15.1. The Hall–Kier alpha value is -1.66. The third-order valence-electron chi connectivity index (χ3n) is 7.37. The fourth-order valence-electron chi connectivity index (χ4n) is 5.45. The number of halogens is 2. The predicted octanol–water partition coefficient (Wildman–Crippen LogP) is 7.49. The lowest BCUT2D eigenvalue weighted by Crippen LogP contribution is -2.48. The molecule has 1 N–H and O–H groups in total. The molecular formula is C27H43ClFN5. The number of anilines is 1. The van der Waals surface area contributed by atoms with Crippen LogP contribution in [0.25, 0.3) is 0 Å². The van der Waals surface area contributed by atoms with E-state index in [1.54, 1.807) is 12.1 Å². The molecule has 5 nitrogen and oxygen atoms in total. The van der Waals surface area contributed by atoms with Crippen LogP contribution in [0, 0.1) is 5.82 Å². The Morgan fingerprint density at radius 2 is 1.94 bits per heavy atom. The molecule has 1 aliphatic heterocycles. The van der Waals surface area contributed by atoms with Gasteiger partial charge in [0, 0.05) is 37.4 Å². The Balaban J connectivity index is 1.89. The molecule has 1 aliphatic carbocycles. The summed E-state index contributed by atoms with van der Waals surface area (Å²) in [6, 6.07) is 6.11. The Morgan fingerprint density at radius 3 is 2.62 bits per heavy atom. The molecule has 0 saturated heterocycles. The van der Waals surface area contributed by atoms with Gasteiger partial charge in [0.05, 0.1) is 11.1 Å². The van der Waals surface area contributed by atoms with Crippen molar-refractivity contribution in [2.75, 3.05) is 25.5 Å². The Bertz CT molecular complexity index is 823. The van der Waals surface area contributed by atoms with Gasteiger partial charge in [-0.05, 0) is 70.2 Å². The molecule has 1 heterocycles. The highest BCUT2D eigenvalue weighted by Crippen LogP contribution is 2.29. The molecule has 1 saturated carbocycles. The van der Waals surface area contributed by atoms with Crippen molar-refractivity contribution in [3.8, 4) is 0 Å². The van der Waals surface area contributed by atoms with Gasteiger partial charge in [-0.3, -0.25) is 9.91 Å². The third-order valence-corrected chi connectivity index (χ3v) is 7.66. The van der Waals surface area contributed by atoms with E-state index in [9.17, 15) is 4.39 Å². The average Bonchev–Trinajstić information content (AvgIpc) is 2.87. The first-order valence-electron chi connectivity index (χ1n) is 13.2. The molecule has 7 heteroatoms. The van der Waals surface area contributed by atoms with Gasteiger partial charge in [-0.2, -0.15) is 5.11 Å². The number of hydrogen-bond donors (Lipinski definition) is 1. The molecule has 1 fully saturated rings. The number of rotatable bonds is 7. The van der Waals surface area contributed by atoms with Gasteiger partial charge in [0.15, 0.2) is 0 Å². The second kappa shape index (κ2) is 13.4. The summed E-state index contributed by atoms with van der Waals surface area (Å²) >= 11 is 6.06. The highest BCUT2D eigenvalue weighted by molar-refractivity contribution is 6.31. The number of hydrogen-bond acceptors (Lipinski definition) is 5. The smallest absolute Gasteiger partial charge is 0.141 e. The van der Waals surface area contributed by atoms with Gasteiger partial charge in [0.1, 0.15) is 5.82 Å². The van der Waals surface area contributed by atoms with E-state index in [-0.39, 0.29) is 17.1 Å². The minimum absolute atomic E-state index is 0.130. The van der Waals surface area contributed by atoms with Crippen LogP contribution in [0.5, 0.6) is 0 Å². The van der Waals surface area contributed by atoms with Crippen LogP contribution in [0.2, 0.25) is 5.02 Å². The molecule has 34 heavy (non-hydrogen) atoms. The summed E-state index contributed by atoms with van der Waals surface area (Å²) in [6.45, 7) is 8.62. The molecular weight excluding hydrogens is 449 g/mol. The molecule has 1 aromatic rings. The van der Waals surface area contributed by atoms with Crippen LogP contribution in [-0.2, 0) is 0 Å². The summed E-state index contributed by atoms with van der Waals surface area (Å²) in [4.78, 5) is 2.74. The minimum atomic E-state index is -0.392. The lowest BCUT2D eigenvalue weighted by atomic mass is 9.90. The van der Waals surface area contributed by atoms with E-state index < -0.39 is 5.82 Å². The Morgan fingerprint density at radius 1 is 1.18 bits per heavy atom. The standard InChI is InChI=1S/C27H43ClFN5/c1-5-17-34(23-10-8-7-9-11-23)27-15-12-21(6-2)26(16-18-33(4)32-31-20(27)3)30-22-13-14-25(29)24(28)19-22/h12-14,19-20,23,26-27,30H,5-11,15-18H2,1-4H3/b21-12+,32-31-/t20-,26?,27?/m0/s1. The van der Waals surface area contributed by atoms with Gasteiger partial charge in [-0.15, -0.1) is 0 Å². The van der Waals surface area contributed by atoms with E-state index in [4.69, 9.17) is 16.7 Å². The molecule has 0 bridgehead atoms. The van der Waals surface area contributed by atoms with E-state index >= 15 is 0 Å². The molecule has 0 spiro atoms. The maximum atomic E-state index is 13.7. The van der Waals surface area contributed by atoms with Crippen molar-refractivity contribution in [1.82, 2.24) is 9.91 Å². The van der Waals surface area contributed by atoms with E-state index in [2.05, 4.69) is 42.3 Å². The molecule has 0 radical (unpaired) electrons. The van der Waals surface area contributed by atoms with Gasteiger partial charge >= 0.3 is 0 Å². The zero-order valence-electron chi connectivity index (χ0n) is 21.4. The maximum Gasteiger partial charge on any atom is 0.141 e. The van der Waals surface area contributed by atoms with Crippen molar-refractivity contribution in [3.63, 3.8) is 0 Å². The minimum Gasteiger partial charge on any atom is -0.378 e. The maximum absolute atomic E-state index is 13.7. The average molecular weight is 492 g/mol. The van der Waals surface area contributed by atoms with Gasteiger partial charge in [-0.1, -0.05) is 61.6 Å². The monoisotopic (exact) mass is 491 g/mol. The first-order chi connectivity index (χ1) is 16.4. The normalized spacial score (nSPS) is 27.7. The number of benzene rings is 1. The largest absolute Gasteiger partial charge is 0.378 e. The van der Waals surface area contributed by atoms with Crippen LogP contribution >= 0.6 is 11.6 Å². The molecule has 190 valence electrons. The highest BCUT2D eigenvalue weighted by atomic mass is 35.5. The Kier molecular flexibility index (Phi) is 10.6. The van der Waals surface area contributed by atoms with Gasteiger partial charge in [0.2, 0.25) is 0 Å². The quantitative estimate of drug-likeness (QED) is 0.402. The number of nitrogens with zero attached hydrogens (tertiary/aromatic N) is 4. The van der Waals surface area contributed by atoms with Crippen LogP contribution in [0.1, 0.15) is 78.6 Å². The summed E-state index contributed by atoms with van der Waals surface area (Å²) < 4.78 is 13.7. The van der Waals surface area contributed by atoms with E-state index in [0.717, 1.165) is 44.5 Å². The summed E-state index contributed by atoms with van der Waals surface area (Å²) in [7, 11) is 2.00. The highest BCUT2D eigenvalue weighted by Gasteiger charge is 2.31. The van der Waals surface area contributed by atoms with Crippen molar-refractivity contribution < 1.29 is 4.39 Å². The molecule has 0 amide bonds. The van der Waals surface area contributed by atoms with E-state index in [1.807, 2.05) is 12.1 Å². The molecule has 3 rings (SSSR count). The topological polar surface area (TPSA) is 43.2 Å². The zero-order valence-corrected chi connectivity index (χ0v) is 22.2. The summed E-state index contributed by atoms with van der Waals surface area (Å²) in [5.74, 6) is -0.392. The SMILES string of the molecule is CCCN(C1CCCCC1)C1C/C=C(\CC)C(Nc2ccc(F)c(Cl)c2)CCN(C)/N=N\[C@H]1C. The van der Waals surface area contributed by atoms with Crippen molar-refractivity contribution in [2.24, 2.45) is 10.3 Å². The zero-order chi connectivity index (χ0) is 24.5. The van der Waals surface area contributed by atoms with E-state index in [1.165, 1.54) is 43.7 Å². The lowest BCUT2D eigenvalue weighted by Gasteiger charge is -2.41. The molecule has 0 aromatic heterocycles. The lowest BCUT2D eigenvalue weighted by molar-refractivity contribution is 0.0898. The van der Waals surface area contributed by atoms with Crippen LogP contribution < -0.4 is 5.32 Å². The van der Waals surface area contributed by atoms with E-state index in [0.29, 0.717) is 12.1 Å². The summed E-state index contributed by atoms with van der Waals surface area (Å²) in [6.07, 6.45) is 13.0. The first kappa shape index (κ1) is 26.9. The van der Waals surface area contributed by atoms with Gasteiger partial charge in [0.25, 0.3) is 0 Å². The van der Waals surface area contributed by atoms with Crippen LogP contribution in [0.4, 0.5) is 10.1 Å². The Labute approximate surface area is 210 Å². The van der Waals surface area contributed by atoms with Crippen LogP contribution in [-0.4, -0.2) is 54.2 Å². The third kappa shape index (κ3) is 7.42. The van der Waals surface area contributed by atoms with Gasteiger partial charge in [-0.25, -0.2) is 4.39 Å². The second-order valence-corrected chi connectivity index (χ2v) is 10.3. The van der Waals surface area contributed by atoms with Crippen LogP contribution in [0.15, 0.2) is 40.2 Å². The van der Waals surface area contributed by atoms with Crippen molar-refractivity contribution in [1.29, 1.82) is 0 Å². The van der Waals surface area contributed by atoms with Crippen LogP contribution in [0.3, 0.4) is 0 Å². The molecule has 2 unspecified atom stereocenters. The van der Waals surface area contributed by atoms with Crippen molar-refractivity contribution >= 4 is 17.3 Å². The second-order valence-electron chi connectivity index (χ2n) is 9.91. The summed E-state index contributed by atoms with van der Waals surface area (Å²) in [5.41, 5.74) is 2.22. The van der Waals surface area contributed by atoms with Gasteiger partial charge < -0.3 is 5.32 Å². The van der Waals surface area contributed by atoms with Crippen molar-refractivity contribution in [2.45, 2.75) is 103 Å². The molecule has 2 aliphatic rings. The first-order valence-corrected chi connectivity index (χ1v) is 13.6. The molecule has 3 atom stereocenters. The van der Waals surface area contributed by atoms with Crippen molar-refractivity contribution in [3.05, 3.63) is 40.7 Å². The fourth-order valence-corrected chi connectivity index (χ4v) is 5.63. The predicted molar refractivity (Wildman–Crippen MR) is 141 cm³/mol. The fraction of sp³-hybridized carbons (Fsp3) is 0.704.